The zero-order chi connectivity index (χ0) is 11.6. The van der Waals surface area contributed by atoms with Crippen molar-refractivity contribution in [1.82, 2.24) is 8.61 Å². The number of carbonyl (C=O) groups excluding carboxylic acids is 1. The van der Waals surface area contributed by atoms with Crippen LogP contribution in [0.25, 0.3) is 0 Å². The van der Waals surface area contributed by atoms with Gasteiger partial charge in [-0.25, -0.2) is 0 Å². The van der Waals surface area contributed by atoms with Gasteiger partial charge in [-0.1, -0.05) is 0 Å². The molecule has 6 nitrogen and oxygen atoms in total. The minimum absolute atomic E-state index is 0.204. The quantitative estimate of drug-likeness (QED) is 0.680. The van der Waals surface area contributed by atoms with Crippen molar-refractivity contribution in [3.05, 3.63) is 0 Å². The van der Waals surface area contributed by atoms with Crippen LogP contribution < -0.4 is 5.73 Å². The summed E-state index contributed by atoms with van der Waals surface area (Å²) in [5, 5.41) is 0. The second-order valence-electron chi connectivity index (χ2n) is 3.89. The number of rotatable bonds is 3. The van der Waals surface area contributed by atoms with Gasteiger partial charge >= 0.3 is 0 Å². The van der Waals surface area contributed by atoms with Crippen molar-refractivity contribution in [3.8, 4) is 0 Å². The van der Waals surface area contributed by atoms with Gasteiger partial charge in [-0.15, -0.1) is 0 Å². The maximum Gasteiger partial charge on any atom is 0.281 e. The zero-order valence-corrected chi connectivity index (χ0v) is 9.83. The largest absolute Gasteiger partial charge is 0.369 e. The second kappa shape index (κ2) is 4.46. The smallest absolute Gasteiger partial charge is 0.281 e. The number of nitrogens with two attached hydrogens (primary N) is 1. The van der Waals surface area contributed by atoms with E-state index in [0.717, 1.165) is 4.31 Å². The topological polar surface area (TPSA) is 83.7 Å². The zero-order valence-electron chi connectivity index (χ0n) is 9.01. The number of piperidine rings is 1. The third-order valence-electron chi connectivity index (χ3n) is 2.57. The van der Waals surface area contributed by atoms with Gasteiger partial charge in [0.25, 0.3) is 10.2 Å². The van der Waals surface area contributed by atoms with Crippen molar-refractivity contribution in [2.75, 3.05) is 27.2 Å². The maximum absolute atomic E-state index is 11.8. The Morgan fingerprint density at radius 1 is 1.47 bits per heavy atom. The van der Waals surface area contributed by atoms with E-state index in [1.54, 1.807) is 0 Å². The lowest BCUT2D eigenvalue weighted by atomic mass is 9.99. The Hall–Kier alpha value is -0.660. The lowest BCUT2D eigenvalue weighted by molar-refractivity contribution is -0.122. The van der Waals surface area contributed by atoms with Crippen LogP contribution in [-0.2, 0) is 15.0 Å². The van der Waals surface area contributed by atoms with E-state index < -0.39 is 16.1 Å². The summed E-state index contributed by atoms with van der Waals surface area (Å²) in [6, 6.07) is 0. The summed E-state index contributed by atoms with van der Waals surface area (Å²) in [7, 11) is -0.457. The van der Waals surface area contributed by atoms with E-state index >= 15 is 0 Å². The van der Waals surface area contributed by atoms with Gasteiger partial charge in [0.05, 0.1) is 5.92 Å². The molecule has 1 saturated heterocycles. The molecule has 7 heteroatoms. The van der Waals surface area contributed by atoms with Crippen LogP contribution in [0.3, 0.4) is 0 Å². The molecule has 2 N–H and O–H groups in total. The average Bonchev–Trinajstić information content (AvgIpc) is 2.17. The molecule has 88 valence electrons. The summed E-state index contributed by atoms with van der Waals surface area (Å²) >= 11 is 0. The lowest BCUT2D eigenvalue weighted by Gasteiger charge is -2.32. The van der Waals surface area contributed by atoms with Gasteiger partial charge in [-0.2, -0.15) is 17.0 Å². The number of amides is 1. The van der Waals surface area contributed by atoms with E-state index in [9.17, 15) is 13.2 Å². The predicted molar refractivity (Wildman–Crippen MR) is 56.1 cm³/mol. The molecule has 1 aliphatic heterocycles. The van der Waals surface area contributed by atoms with Gasteiger partial charge in [0.1, 0.15) is 0 Å². The number of primary amides is 1. The maximum atomic E-state index is 11.8. The Balaban J connectivity index is 2.77. The Kier molecular flexibility index (Phi) is 3.69. The molecule has 0 aliphatic carbocycles. The Morgan fingerprint density at radius 3 is 2.53 bits per heavy atom. The van der Waals surface area contributed by atoms with Crippen LogP contribution >= 0.6 is 0 Å². The third-order valence-corrected chi connectivity index (χ3v) is 4.48. The van der Waals surface area contributed by atoms with Gasteiger partial charge in [0.15, 0.2) is 0 Å². The van der Waals surface area contributed by atoms with E-state index in [4.69, 9.17) is 5.73 Å². The molecule has 0 aromatic carbocycles. The van der Waals surface area contributed by atoms with Crippen molar-refractivity contribution in [2.24, 2.45) is 11.7 Å². The Bertz CT molecular complexity index is 339. The minimum Gasteiger partial charge on any atom is -0.369 e. The van der Waals surface area contributed by atoms with E-state index in [-0.39, 0.29) is 12.5 Å². The molecule has 1 unspecified atom stereocenters. The van der Waals surface area contributed by atoms with Crippen LogP contribution in [0.15, 0.2) is 0 Å². The molecule has 0 spiro atoms. The van der Waals surface area contributed by atoms with Crippen molar-refractivity contribution in [2.45, 2.75) is 12.8 Å². The highest BCUT2D eigenvalue weighted by Crippen LogP contribution is 2.19. The fraction of sp³-hybridized carbons (Fsp3) is 0.875. The van der Waals surface area contributed by atoms with Crippen LogP contribution in [0.1, 0.15) is 12.8 Å². The molecule has 0 aromatic heterocycles. The summed E-state index contributed by atoms with van der Waals surface area (Å²) in [6.07, 6.45) is 1.36. The summed E-state index contributed by atoms with van der Waals surface area (Å²) < 4.78 is 26.0. The first kappa shape index (κ1) is 12.4. The molecular weight excluding hydrogens is 218 g/mol. The molecular formula is C8H17N3O3S. The van der Waals surface area contributed by atoms with E-state index in [1.807, 2.05) is 0 Å². The van der Waals surface area contributed by atoms with Crippen LogP contribution in [-0.4, -0.2) is 50.1 Å². The summed E-state index contributed by atoms with van der Waals surface area (Å²) in [4.78, 5) is 11.0. The third kappa shape index (κ3) is 2.67. The molecule has 1 heterocycles. The van der Waals surface area contributed by atoms with Gasteiger partial charge < -0.3 is 5.73 Å². The molecule has 0 radical (unpaired) electrons. The molecule has 0 bridgehead atoms. The fourth-order valence-electron chi connectivity index (χ4n) is 1.62. The van der Waals surface area contributed by atoms with Gasteiger partial charge in [-0.05, 0) is 12.8 Å². The van der Waals surface area contributed by atoms with E-state index in [0.29, 0.717) is 19.4 Å². The first-order valence-corrected chi connectivity index (χ1v) is 6.22. The molecule has 15 heavy (non-hydrogen) atoms. The molecule has 0 saturated carbocycles. The lowest BCUT2D eigenvalue weighted by Crippen LogP contribution is -2.48. The molecule has 1 fully saturated rings. The van der Waals surface area contributed by atoms with Crippen molar-refractivity contribution in [1.29, 1.82) is 0 Å². The Morgan fingerprint density at radius 2 is 2.07 bits per heavy atom. The molecule has 1 aliphatic rings. The highest BCUT2D eigenvalue weighted by molar-refractivity contribution is 7.86. The summed E-state index contributed by atoms with van der Waals surface area (Å²) in [6.45, 7) is 0.667. The van der Waals surface area contributed by atoms with Crippen molar-refractivity contribution < 1.29 is 13.2 Å². The standard InChI is InChI=1S/C8H17N3O3S/c1-10(2)15(13,14)11-5-3-4-7(6-11)8(9)12/h7H,3-6H2,1-2H3,(H2,9,12). The van der Waals surface area contributed by atoms with Crippen LogP contribution in [0.2, 0.25) is 0 Å². The van der Waals surface area contributed by atoms with Crippen molar-refractivity contribution in [3.63, 3.8) is 0 Å². The van der Waals surface area contributed by atoms with E-state index in [1.165, 1.54) is 18.4 Å². The molecule has 1 atom stereocenters. The molecule has 1 amide bonds. The van der Waals surface area contributed by atoms with Gasteiger partial charge in [0.2, 0.25) is 5.91 Å². The number of carbonyl (C=O) groups is 1. The van der Waals surface area contributed by atoms with Crippen LogP contribution in [0.5, 0.6) is 0 Å². The van der Waals surface area contributed by atoms with Crippen molar-refractivity contribution >= 4 is 16.1 Å². The number of hydrogen-bond acceptors (Lipinski definition) is 3. The van der Waals surface area contributed by atoms with E-state index in [2.05, 4.69) is 0 Å². The molecule has 0 aromatic rings. The summed E-state index contributed by atoms with van der Waals surface area (Å²) in [5.74, 6) is -0.776. The highest BCUT2D eigenvalue weighted by atomic mass is 32.2. The minimum atomic E-state index is -3.41. The van der Waals surface area contributed by atoms with Crippen LogP contribution in [0, 0.1) is 5.92 Å². The SMILES string of the molecule is CN(C)S(=O)(=O)N1CCCC(C(N)=O)C1. The summed E-state index contributed by atoms with van der Waals surface area (Å²) in [5.41, 5.74) is 5.17. The first-order chi connectivity index (χ1) is 6.85. The molecule has 1 rings (SSSR count). The average molecular weight is 235 g/mol. The van der Waals surface area contributed by atoms with Gasteiger partial charge in [0, 0.05) is 27.2 Å². The second-order valence-corrected chi connectivity index (χ2v) is 6.03. The van der Waals surface area contributed by atoms with Gasteiger partial charge in [-0.3, -0.25) is 4.79 Å². The monoisotopic (exact) mass is 235 g/mol. The first-order valence-electron chi connectivity index (χ1n) is 4.82. The fourth-order valence-corrected chi connectivity index (χ4v) is 2.81. The Labute approximate surface area is 90.2 Å². The number of hydrogen-bond donors (Lipinski definition) is 1. The highest BCUT2D eigenvalue weighted by Gasteiger charge is 2.32. The normalized spacial score (nSPS) is 24.3. The van der Waals surface area contributed by atoms with Crippen LogP contribution in [0.4, 0.5) is 0 Å². The number of nitrogens with zero attached hydrogens (tertiary/aromatic N) is 2. The predicted octanol–water partition coefficient (Wildman–Crippen LogP) is -1.01.